The molecule has 2 N–H and O–H groups in total. The molecule has 1 aromatic rings. The van der Waals surface area contributed by atoms with Crippen LogP contribution in [0.3, 0.4) is 0 Å². The van der Waals surface area contributed by atoms with Crippen LogP contribution in [0.15, 0.2) is 12.3 Å². The molecule has 17 heavy (non-hydrogen) atoms. The van der Waals surface area contributed by atoms with E-state index >= 15 is 0 Å². The van der Waals surface area contributed by atoms with Gasteiger partial charge in [-0.15, -0.1) is 0 Å². The Morgan fingerprint density at radius 1 is 1.53 bits per heavy atom. The predicted molar refractivity (Wildman–Crippen MR) is 51.5 cm³/mol. The minimum Gasteiger partial charge on any atom is -0.395 e. The van der Waals surface area contributed by atoms with E-state index in [1.165, 1.54) is 0 Å². The molecule has 0 atom stereocenters. The van der Waals surface area contributed by atoms with E-state index in [4.69, 9.17) is 5.11 Å². The molecule has 0 amide bonds. The van der Waals surface area contributed by atoms with Gasteiger partial charge in [0.2, 0.25) is 0 Å². The van der Waals surface area contributed by atoms with Crippen molar-refractivity contribution < 1.29 is 23.2 Å². The molecule has 0 fully saturated rings. The molecule has 9 heteroatoms. The number of rotatable bonds is 4. The van der Waals surface area contributed by atoms with Crippen LogP contribution in [-0.4, -0.2) is 28.2 Å². The van der Waals surface area contributed by atoms with Gasteiger partial charge in [0.1, 0.15) is 17.6 Å². The third kappa shape index (κ3) is 3.28. The van der Waals surface area contributed by atoms with Crippen molar-refractivity contribution in [3.8, 4) is 0 Å². The average molecular weight is 251 g/mol. The Hall–Kier alpha value is -1.90. The van der Waals surface area contributed by atoms with Gasteiger partial charge in [-0.2, -0.15) is 13.2 Å². The van der Waals surface area contributed by atoms with Crippen molar-refractivity contribution in [1.82, 2.24) is 4.98 Å². The molecular formula is C8H8F3N3O3. The van der Waals surface area contributed by atoms with E-state index in [1.807, 2.05) is 0 Å². The summed E-state index contributed by atoms with van der Waals surface area (Å²) >= 11 is 0. The van der Waals surface area contributed by atoms with E-state index in [0.717, 1.165) is 0 Å². The highest BCUT2D eigenvalue weighted by molar-refractivity contribution is 5.61. The lowest BCUT2D eigenvalue weighted by atomic mass is 10.2. The van der Waals surface area contributed by atoms with Gasteiger partial charge in [-0.25, -0.2) is 4.98 Å². The maximum atomic E-state index is 12.3. The van der Waals surface area contributed by atoms with E-state index < -0.39 is 22.5 Å². The van der Waals surface area contributed by atoms with Crippen LogP contribution in [-0.2, 0) is 6.18 Å². The Kier molecular flexibility index (Phi) is 3.84. The summed E-state index contributed by atoms with van der Waals surface area (Å²) in [5, 5.41) is 21.4. The number of pyridine rings is 1. The zero-order valence-electron chi connectivity index (χ0n) is 8.36. The Balaban J connectivity index is 3.14. The monoisotopic (exact) mass is 251 g/mol. The number of alkyl halides is 3. The zero-order chi connectivity index (χ0) is 13.1. The minimum absolute atomic E-state index is 0.0951. The topological polar surface area (TPSA) is 88.3 Å². The fraction of sp³-hybridized carbons (Fsp3) is 0.375. The molecule has 94 valence electrons. The lowest BCUT2D eigenvalue weighted by Gasteiger charge is -2.09. The molecule has 0 aliphatic carbocycles. The lowest BCUT2D eigenvalue weighted by Crippen LogP contribution is -2.12. The highest BCUT2D eigenvalue weighted by Gasteiger charge is 2.34. The van der Waals surface area contributed by atoms with Crippen molar-refractivity contribution in [2.24, 2.45) is 0 Å². The lowest BCUT2D eigenvalue weighted by molar-refractivity contribution is -0.384. The second-order valence-corrected chi connectivity index (χ2v) is 2.99. The molecule has 0 bridgehead atoms. The second kappa shape index (κ2) is 4.95. The Morgan fingerprint density at radius 3 is 2.65 bits per heavy atom. The summed E-state index contributed by atoms with van der Waals surface area (Å²) in [4.78, 5) is 12.6. The van der Waals surface area contributed by atoms with E-state index in [-0.39, 0.29) is 18.8 Å². The predicted octanol–water partition coefficient (Wildman–Crippen LogP) is 1.41. The standard InChI is InChI=1S/C8H8F3N3O3/c9-8(10,11)7-3-5(12-1-2-15)6(4-13-7)14(16)17/h3-4,15H,1-2H2,(H,12,13). The van der Waals surface area contributed by atoms with E-state index in [2.05, 4.69) is 10.3 Å². The number of anilines is 1. The summed E-state index contributed by atoms with van der Waals surface area (Å²) in [5.74, 6) is 0. The Bertz CT molecular complexity index is 422. The molecule has 6 nitrogen and oxygen atoms in total. The molecule has 1 heterocycles. The number of nitro groups is 1. The van der Waals surface area contributed by atoms with Crippen molar-refractivity contribution in [2.45, 2.75) is 6.18 Å². The fourth-order valence-corrected chi connectivity index (χ4v) is 1.08. The normalized spacial score (nSPS) is 11.3. The Labute approximate surface area is 93.2 Å². The summed E-state index contributed by atoms with van der Waals surface area (Å²) in [5.41, 5.74) is -2.14. The van der Waals surface area contributed by atoms with Gasteiger partial charge in [0.25, 0.3) is 0 Å². The van der Waals surface area contributed by atoms with Crippen LogP contribution in [0.2, 0.25) is 0 Å². The molecule has 0 aliphatic rings. The second-order valence-electron chi connectivity index (χ2n) is 2.99. The van der Waals surface area contributed by atoms with Gasteiger partial charge in [0.05, 0.1) is 11.5 Å². The number of aliphatic hydroxyl groups is 1. The summed E-state index contributed by atoms with van der Waals surface area (Å²) in [6.07, 6.45) is -4.15. The average Bonchev–Trinajstić information content (AvgIpc) is 2.24. The molecule has 0 aliphatic heterocycles. The number of nitrogens with zero attached hydrogens (tertiary/aromatic N) is 2. The van der Waals surface area contributed by atoms with Crippen LogP contribution in [0.25, 0.3) is 0 Å². The van der Waals surface area contributed by atoms with Gasteiger partial charge < -0.3 is 10.4 Å². The first-order valence-corrected chi connectivity index (χ1v) is 4.42. The first-order valence-electron chi connectivity index (χ1n) is 4.42. The smallest absolute Gasteiger partial charge is 0.395 e. The van der Waals surface area contributed by atoms with Gasteiger partial charge in [0.15, 0.2) is 0 Å². The van der Waals surface area contributed by atoms with Gasteiger partial charge in [-0.05, 0) is 6.07 Å². The van der Waals surface area contributed by atoms with Crippen molar-refractivity contribution in [3.05, 3.63) is 28.1 Å². The number of hydrogen-bond acceptors (Lipinski definition) is 5. The van der Waals surface area contributed by atoms with Crippen molar-refractivity contribution in [2.75, 3.05) is 18.5 Å². The third-order valence-corrected chi connectivity index (χ3v) is 1.80. The third-order valence-electron chi connectivity index (χ3n) is 1.80. The van der Waals surface area contributed by atoms with Crippen LogP contribution >= 0.6 is 0 Å². The molecule has 0 saturated heterocycles. The molecule has 0 aromatic carbocycles. The van der Waals surface area contributed by atoms with Crippen LogP contribution in [0.5, 0.6) is 0 Å². The van der Waals surface area contributed by atoms with Gasteiger partial charge in [0, 0.05) is 6.54 Å². The first kappa shape index (κ1) is 13.2. The Morgan fingerprint density at radius 2 is 2.18 bits per heavy atom. The molecule has 0 unspecified atom stereocenters. The summed E-state index contributed by atoms with van der Waals surface area (Å²) in [7, 11) is 0. The van der Waals surface area contributed by atoms with Gasteiger partial charge >= 0.3 is 11.9 Å². The van der Waals surface area contributed by atoms with Crippen LogP contribution in [0, 0.1) is 10.1 Å². The largest absolute Gasteiger partial charge is 0.433 e. The molecule has 1 rings (SSSR count). The molecule has 0 saturated carbocycles. The number of aliphatic hydroxyl groups excluding tert-OH is 1. The molecule has 0 spiro atoms. The van der Waals surface area contributed by atoms with Crippen molar-refractivity contribution in [3.63, 3.8) is 0 Å². The quantitative estimate of drug-likeness (QED) is 0.624. The minimum atomic E-state index is -4.68. The van der Waals surface area contributed by atoms with Gasteiger partial charge in [-0.3, -0.25) is 10.1 Å². The maximum Gasteiger partial charge on any atom is 0.433 e. The highest BCUT2D eigenvalue weighted by Crippen LogP contribution is 2.32. The summed E-state index contributed by atoms with van der Waals surface area (Å²) in [6.45, 7) is -0.455. The van der Waals surface area contributed by atoms with E-state index in [0.29, 0.717) is 12.3 Å². The fourth-order valence-electron chi connectivity index (χ4n) is 1.08. The van der Waals surface area contributed by atoms with Crippen LogP contribution < -0.4 is 5.32 Å². The number of aromatic nitrogens is 1. The van der Waals surface area contributed by atoms with Gasteiger partial charge in [-0.1, -0.05) is 0 Å². The number of halogens is 3. The van der Waals surface area contributed by atoms with Crippen molar-refractivity contribution >= 4 is 11.4 Å². The molecule has 1 aromatic heterocycles. The van der Waals surface area contributed by atoms with Crippen LogP contribution in [0.1, 0.15) is 5.69 Å². The molecule has 0 radical (unpaired) electrons. The summed E-state index contributed by atoms with van der Waals surface area (Å²) < 4.78 is 36.9. The van der Waals surface area contributed by atoms with E-state index in [9.17, 15) is 23.3 Å². The first-order chi connectivity index (χ1) is 7.86. The zero-order valence-corrected chi connectivity index (χ0v) is 8.36. The molecular weight excluding hydrogens is 243 g/mol. The number of hydrogen-bond donors (Lipinski definition) is 2. The van der Waals surface area contributed by atoms with Crippen molar-refractivity contribution in [1.29, 1.82) is 0 Å². The highest BCUT2D eigenvalue weighted by atomic mass is 19.4. The SMILES string of the molecule is O=[N+]([O-])c1cnc(C(F)(F)F)cc1NCCO. The maximum absolute atomic E-state index is 12.3. The van der Waals surface area contributed by atoms with Crippen LogP contribution in [0.4, 0.5) is 24.5 Å². The van der Waals surface area contributed by atoms with E-state index in [1.54, 1.807) is 0 Å². The summed E-state index contributed by atoms with van der Waals surface area (Å²) in [6, 6.07) is 0.536. The number of nitrogens with one attached hydrogen (secondary N) is 1.